The number of anilines is 1. The highest BCUT2D eigenvalue weighted by Crippen LogP contribution is 2.28. The van der Waals surface area contributed by atoms with Gasteiger partial charge in [-0.1, -0.05) is 59.1 Å². The van der Waals surface area contributed by atoms with Crippen LogP contribution < -0.4 is 10.0 Å². The number of amides is 1. The molecule has 3 rings (SSSR count). The monoisotopic (exact) mass is 528 g/mol. The fourth-order valence-corrected chi connectivity index (χ4v) is 5.93. The first-order valence-electron chi connectivity index (χ1n) is 9.44. The van der Waals surface area contributed by atoms with Crippen molar-refractivity contribution in [3.05, 3.63) is 92.9 Å². The molecule has 5 nitrogen and oxygen atoms in total. The van der Waals surface area contributed by atoms with Crippen molar-refractivity contribution in [2.45, 2.75) is 10.6 Å². The number of thioether (sulfide) groups is 1. The molecule has 0 aliphatic heterocycles. The van der Waals surface area contributed by atoms with Gasteiger partial charge in [0.05, 0.1) is 5.02 Å². The molecule has 0 radical (unpaired) electrons. The van der Waals surface area contributed by atoms with Gasteiger partial charge in [0.1, 0.15) is 4.90 Å². The van der Waals surface area contributed by atoms with Crippen LogP contribution in [0.5, 0.6) is 0 Å². The van der Waals surface area contributed by atoms with Gasteiger partial charge in [0.2, 0.25) is 0 Å². The molecule has 0 fully saturated rings. The minimum absolute atomic E-state index is 0.0251. The number of rotatable bonds is 9. The second-order valence-electron chi connectivity index (χ2n) is 6.63. The Labute approximate surface area is 206 Å². The summed E-state index contributed by atoms with van der Waals surface area (Å²) in [6.45, 7) is 0.387. The average Bonchev–Trinajstić information content (AvgIpc) is 2.75. The van der Waals surface area contributed by atoms with E-state index in [1.807, 2.05) is 0 Å². The van der Waals surface area contributed by atoms with Crippen LogP contribution in [0.3, 0.4) is 0 Å². The van der Waals surface area contributed by atoms with Gasteiger partial charge in [0.25, 0.3) is 15.9 Å². The van der Waals surface area contributed by atoms with E-state index < -0.39 is 15.9 Å². The molecule has 168 valence electrons. The van der Waals surface area contributed by atoms with E-state index in [4.69, 9.17) is 34.8 Å². The van der Waals surface area contributed by atoms with Crippen molar-refractivity contribution in [2.24, 2.45) is 0 Å². The van der Waals surface area contributed by atoms with Crippen LogP contribution in [0.15, 0.2) is 71.6 Å². The van der Waals surface area contributed by atoms with E-state index in [-0.39, 0.29) is 15.5 Å². The zero-order valence-corrected chi connectivity index (χ0v) is 20.5. The molecule has 3 aromatic rings. The maximum atomic E-state index is 12.7. The lowest BCUT2D eigenvalue weighted by Gasteiger charge is -2.11. The normalized spacial score (nSPS) is 11.2. The van der Waals surface area contributed by atoms with Crippen LogP contribution in [0.2, 0.25) is 15.1 Å². The van der Waals surface area contributed by atoms with Gasteiger partial charge in [-0.3, -0.25) is 9.52 Å². The number of para-hydroxylation sites is 1. The van der Waals surface area contributed by atoms with Gasteiger partial charge in [-0.25, -0.2) is 8.42 Å². The largest absolute Gasteiger partial charge is 0.351 e. The summed E-state index contributed by atoms with van der Waals surface area (Å²) in [4.78, 5) is 12.3. The number of hydrogen-bond acceptors (Lipinski definition) is 4. The van der Waals surface area contributed by atoms with Crippen LogP contribution >= 0.6 is 46.6 Å². The average molecular weight is 530 g/mol. The predicted molar refractivity (Wildman–Crippen MR) is 134 cm³/mol. The highest BCUT2D eigenvalue weighted by molar-refractivity contribution is 7.98. The summed E-state index contributed by atoms with van der Waals surface area (Å²) in [7, 11) is -3.96. The molecule has 10 heteroatoms. The zero-order chi connectivity index (χ0) is 23.1. The van der Waals surface area contributed by atoms with Gasteiger partial charge >= 0.3 is 0 Å². The fourth-order valence-electron chi connectivity index (χ4n) is 2.75. The van der Waals surface area contributed by atoms with E-state index >= 15 is 0 Å². The van der Waals surface area contributed by atoms with Crippen LogP contribution in [0.4, 0.5) is 5.69 Å². The zero-order valence-electron chi connectivity index (χ0n) is 16.6. The first-order valence-corrected chi connectivity index (χ1v) is 13.2. The summed E-state index contributed by atoms with van der Waals surface area (Å²) in [6.07, 6.45) is 0. The molecule has 0 atom stereocenters. The number of benzene rings is 3. The number of carbonyl (C=O) groups is 1. The summed E-state index contributed by atoms with van der Waals surface area (Å²) < 4.78 is 27.9. The molecule has 0 bridgehead atoms. The first-order chi connectivity index (χ1) is 15.3. The first kappa shape index (κ1) is 24.7. The molecule has 0 heterocycles. The van der Waals surface area contributed by atoms with E-state index in [1.54, 1.807) is 60.3 Å². The smallest absolute Gasteiger partial charge is 0.263 e. The topological polar surface area (TPSA) is 75.3 Å². The fraction of sp³-hybridized carbons (Fsp3) is 0.136. The summed E-state index contributed by atoms with van der Waals surface area (Å²) in [6, 6.07) is 17.9. The Kier molecular flexibility index (Phi) is 8.73. The number of hydrogen-bond donors (Lipinski definition) is 2. The van der Waals surface area contributed by atoms with Gasteiger partial charge < -0.3 is 5.32 Å². The molecule has 0 saturated carbocycles. The van der Waals surface area contributed by atoms with Crippen LogP contribution in [0, 0.1) is 0 Å². The third kappa shape index (κ3) is 6.56. The van der Waals surface area contributed by atoms with Crippen LogP contribution in [-0.2, 0) is 15.8 Å². The Balaban J connectivity index is 1.59. The molecule has 0 saturated heterocycles. The van der Waals surface area contributed by atoms with Crippen molar-refractivity contribution in [1.29, 1.82) is 0 Å². The Morgan fingerprint density at radius 2 is 1.56 bits per heavy atom. The van der Waals surface area contributed by atoms with Gasteiger partial charge in [-0.2, -0.15) is 11.8 Å². The van der Waals surface area contributed by atoms with Crippen molar-refractivity contribution in [3.63, 3.8) is 0 Å². The van der Waals surface area contributed by atoms with Gasteiger partial charge in [0, 0.05) is 39.3 Å². The van der Waals surface area contributed by atoms with E-state index in [0.29, 0.717) is 33.8 Å². The van der Waals surface area contributed by atoms with Crippen LogP contribution in [-0.4, -0.2) is 26.6 Å². The maximum absolute atomic E-state index is 12.7. The van der Waals surface area contributed by atoms with Gasteiger partial charge in [-0.05, 0) is 48.0 Å². The number of sulfonamides is 1. The molecule has 3 aromatic carbocycles. The van der Waals surface area contributed by atoms with E-state index in [9.17, 15) is 13.2 Å². The highest BCUT2D eigenvalue weighted by Gasteiger charge is 2.20. The minimum atomic E-state index is -3.96. The molecule has 2 N–H and O–H groups in total. The number of halogens is 3. The standard InChI is InChI=1S/C22H19Cl3N2O3S2/c23-18-7-4-8-19(24)17(18)14-31-12-11-26-22(28)15-9-10-20(25)21(13-15)32(29,30)27-16-5-2-1-3-6-16/h1-10,13,27H,11-12,14H2,(H,26,28). The van der Waals surface area contributed by atoms with Crippen LogP contribution in [0.25, 0.3) is 0 Å². The SMILES string of the molecule is O=C(NCCSCc1c(Cl)cccc1Cl)c1ccc(Cl)c(S(=O)(=O)Nc2ccccc2)c1. The maximum Gasteiger partial charge on any atom is 0.263 e. The molecule has 32 heavy (non-hydrogen) atoms. The molecule has 0 aliphatic carbocycles. The van der Waals surface area contributed by atoms with Crippen LogP contribution in [0.1, 0.15) is 15.9 Å². The Morgan fingerprint density at radius 1 is 0.875 bits per heavy atom. The minimum Gasteiger partial charge on any atom is -0.351 e. The van der Waals surface area contributed by atoms with Crippen molar-refractivity contribution in [3.8, 4) is 0 Å². The molecule has 0 spiro atoms. The lowest BCUT2D eigenvalue weighted by atomic mass is 10.2. The Bertz CT molecular complexity index is 1190. The van der Waals surface area contributed by atoms with Crippen molar-refractivity contribution in [2.75, 3.05) is 17.0 Å². The van der Waals surface area contributed by atoms with E-state index in [1.165, 1.54) is 18.2 Å². The molecular weight excluding hydrogens is 511 g/mol. The number of nitrogens with one attached hydrogen (secondary N) is 2. The molecule has 0 aromatic heterocycles. The molecule has 1 amide bonds. The van der Waals surface area contributed by atoms with E-state index in [2.05, 4.69) is 10.0 Å². The van der Waals surface area contributed by atoms with E-state index in [0.717, 1.165) is 5.56 Å². The molecule has 0 aliphatic rings. The van der Waals surface area contributed by atoms with Gasteiger partial charge in [-0.15, -0.1) is 0 Å². The quantitative estimate of drug-likeness (QED) is 0.328. The summed E-state index contributed by atoms with van der Waals surface area (Å²) in [5.41, 5.74) is 1.45. The van der Waals surface area contributed by atoms with Crippen molar-refractivity contribution in [1.82, 2.24) is 5.32 Å². The second-order valence-corrected chi connectivity index (χ2v) is 10.6. The third-order valence-electron chi connectivity index (χ3n) is 4.35. The second kappa shape index (κ2) is 11.3. The van der Waals surface area contributed by atoms with Crippen molar-refractivity contribution >= 4 is 68.2 Å². The summed E-state index contributed by atoms with van der Waals surface area (Å²) in [5, 5.41) is 4.01. The summed E-state index contributed by atoms with van der Waals surface area (Å²) in [5.74, 6) is 0.846. The number of carbonyl (C=O) groups excluding carboxylic acids is 1. The lowest BCUT2D eigenvalue weighted by molar-refractivity contribution is 0.0956. The Hall–Kier alpha value is -1.90. The third-order valence-corrected chi connectivity index (χ3v) is 7.91. The van der Waals surface area contributed by atoms with Gasteiger partial charge in [0.15, 0.2) is 0 Å². The summed E-state index contributed by atoms with van der Waals surface area (Å²) >= 11 is 20.0. The highest BCUT2D eigenvalue weighted by atomic mass is 35.5. The lowest BCUT2D eigenvalue weighted by Crippen LogP contribution is -2.26. The predicted octanol–water partition coefficient (Wildman–Crippen LogP) is 6.11. The Morgan fingerprint density at radius 3 is 2.25 bits per heavy atom. The molecular formula is C22H19Cl3N2O3S2. The van der Waals surface area contributed by atoms with Crippen molar-refractivity contribution < 1.29 is 13.2 Å². The molecule has 0 unspecified atom stereocenters.